The molecule has 1 aliphatic rings. The van der Waals surface area contributed by atoms with Crippen molar-refractivity contribution in [2.45, 2.75) is 40.8 Å². The van der Waals surface area contributed by atoms with Crippen LogP contribution < -0.4 is 10.6 Å². The van der Waals surface area contributed by atoms with Gasteiger partial charge in [-0.1, -0.05) is 32.1 Å². The van der Waals surface area contributed by atoms with E-state index >= 15 is 0 Å². The van der Waals surface area contributed by atoms with E-state index in [1.807, 2.05) is 68.6 Å². The molecule has 1 aliphatic heterocycles. The molecule has 0 aliphatic carbocycles. The fraction of sp³-hybridized carbons (Fsp3) is 0.500. The lowest BCUT2D eigenvalue weighted by Gasteiger charge is -2.28. The molecule has 7 heteroatoms. The van der Waals surface area contributed by atoms with Crippen LogP contribution in [0.1, 0.15) is 33.4 Å². The van der Waals surface area contributed by atoms with E-state index in [2.05, 4.69) is 15.7 Å². The van der Waals surface area contributed by atoms with Crippen LogP contribution in [0.2, 0.25) is 0 Å². The number of anilines is 1. The van der Waals surface area contributed by atoms with Crippen LogP contribution in [-0.2, 0) is 22.7 Å². The molecule has 1 aromatic heterocycles. The number of amides is 2. The van der Waals surface area contributed by atoms with Crippen LogP contribution >= 0.6 is 0 Å². The third-order valence-electron chi connectivity index (χ3n) is 3.36. The van der Waals surface area contributed by atoms with E-state index < -0.39 is 0 Å². The maximum absolute atomic E-state index is 12.4. The summed E-state index contributed by atoms with van der Waals surface area (Å²) in [6.07, 6.45) is 6.22. The molecule has 0 saturated carbocycles. The molecule has 2 heterocycles. The highest BCUT2D eigenvalue weighted by Crippen LogP contribution is 2.18. The normalized spacial score (nSPS) is 13.0. The van der Waals surface area contributed by atoms with Crippen LogP contribution in [-0.4, -0.2) is 47.6 Å². The Hall–Kier alpha value is -2.57. The highest BCUT2D eigenvalue weighted by Gasteiger charge is 2.23. The molecule has 0 atom stereocenters. The number of carbonyl (C=O) groups excluding carboxylic acids is 2. The summed E-state index contributed by atoms with van der Waals surface area (Å²) in [6.45, 7) is 9.87. The first-order valence-electron chi connectivity index (χ1n) is 8.54. The topological polar surface area (TPSA) is 79.3 Å². The van der Waals surface area contributed by atoms with Gasteiger partial charge >= 0.3 is 0 Å². The average Bonchev–Trinajstić information content (AvgIpc) is 3.09. The average molecular weight is 349 g/mol. The van der Waals surface area contributed by atoms with Gasteiger partial charge in [0, 0.05) is 32.3 Å². The van der Waals surface area contributed by atoms with Crippen LogP contribution in [0.5, 0.6) is 0 Å². The van der Waals surface area contributed by atoms with E-state index in [1.165, 1.54) is 0 Å². The van der Waals surface area contributed by atoms with Crippen LogP contribution in [0.4, 0.5) is 5.82 Å². The largest absolute Gasteiger partial charge is 0.372 e. The lowest BCUT2D eigenvalue weighted by Crippen LogP contribution is -2.38. The molecule has 2 rings (SSSR count). The predicted octanol–water partition coefficient (Wildman–Crippen LogP) is 2.18. The molecule has 0 unspecified atom stereocenters. The molecular formula is C18H31N5O2. The van der Waals surface area contributed by atoms with Gasteiger partial charge in [-0.15, -0.1) is 0 Å². The van der Waals surface area contributed by atoms with Crippen LogP contribution in [0.3, 0.4) is 0 Å². The summed E-state index contributed by atoms with van der Waals surface area (Å²) in [6, 6.07) is 1.99. The lowest BCUT2D eigenvalue weighted by atomic mass is 10.2. The molecule has 25 heavy (non-hydrogen) atoms. The number of carbonyl (C=O) groups is 2. The highest BCUT2D eigenvalue weighted by molar-refractivity contribution is 5.96. The molecule has 0 fully saturated rings. The number of hydrogen-bond acceptors (Lipinski definition) is 4. The van der Waals surface area contributed by atoms with Gasteiger partial charge < -0.3 is 15.5 Å². The number of allylic oxidation sites excluding steroid dienone is 2. The Labute approximate surface area is 150 Å². The summed E-state index contributed by atoms with van der Waals surface area (Å²) < 4.78 is 1.96. The number of aromatic nitrogens is 2. The second kappa shape index (κ2) is 12.8. The number of hydrogen-bond donors (Lipinski definition) is 2. The van der Waals surface area contributed by atoms with Gasteiger partial charge in [-0.05, 0) is 13.8 Å². The molecule has 0 bridgehead atoms. The summed E-state index contributed by atoms with van der Waals surface area (Å²) in [5.74, 6) is 0.933. The quantitative estimate of drug-likeness (QED) is 0.496. The maximum atomic E-state index is 12.4. The van der Waals surface area contributed by atoms with E-state index in [9.17, 15) is 4.79 Å². The van der Waals surface area contributed by atoms with Gasteiger partial charge in [0.05, 0.1) is 18.8 Å². The van der Waals surface area contributed by atoms with Crippen molar-refractivity contribution < 1.29 is 9.59 Å². The van der Waals surface area contributed by atoms with Crippen molar-refractivity contribution in [1.82, 2.24) is 20.0 Å². The number of fused-ring (bicyclic) bond motifs is 1. The summed E-state index contributed by atoms with van der Waals surface area (Å²) >= 11 is 0. The minimum atomic E-state index is 0.0825. The minimum absolute atomic E-state index is 0.0825. The Bertz CT molecular complexity index is 590. The first-order chi connectivity index (χ1) is 12.1. The first kappa shape index (κ1) is 22.4. The van der Waals surface area contributed by atoms with Gasteiger partial charge in [-0.25, -0.2) is 0 Å². The zero-order valence-corrected chi connectivity index (χ0v) is 16.2. The molecule has 140 valence electrons. The van der Waals surface area contributed by atoms with Crippen molar-refractivity contribution in [1.29, 1.82) is 0 Å². The maximum Gasteiger partial charge on any atom is 0.253 e. The Morgan fingerprint density at radius 2 is 1.88 bits per heavy atom. The van der Waals surface area contributed by atoms with Crippen LogP contribution in [0, 0.1) is 0 Å². The summed E-state index contributed by atoms with van der Waals surface area (Å²) in [7, 11) is 3.41. The van der Waals surface area contributed by atoms with E-state index in [4.69, 9.17) is 4.79 Å². The molecular weight excluding hydrogens is 318 g/mol. The van der Waals surface area contributed by atoms with Gasteiger partial charge in [0.2, 0.25) is 6.41 Å². The monoisotopic (exact) mass is 349 g/mol. The van der Waals surface area contributed by atoms with Gasteiger partial charge in [0.1, 0.15) is 5.82 Å². The molecule has 0 aromatic carbocycles. The zero-order chi connectivity index (χ0) is 19.2. The van der Waals surface area contributed by atoms with Crippen LogP contribution in [0.15, 0.2) is 29.9 Å². The lowest BCUT2D eigenvalue weighted by molar-refractivity contribution is -0.128. The molecule has 7 nitrogen and oxygen atoms in total. The van der Waals surface area contributed by atoms with Gasteiger partial charge in [0.15, 0.2) is 0 Å². The Kier molecular flexibility index (Phi) is 11.5. The van der Waals surface area contributed by atoms with Crippen molar-refractivity contribution in [3.63, 3.8) is 0 Å². The number of rotatable bonds is 4. The van der Waals surface area contributed by atoms with Crippen molar-refractivity contribution >= 4 is 18.1 Å². The molecule has 1 aromatic rings. The summed E-state index contributed by atoms with van der Waals surface area (Å²) in [4.78, 5) is 23.3. The van der Waals surface area contributed by atoms with Crippen molar-refractivity contribution in [2.24, 2.45) is 0 Å². The fourth-order valence-corrected chi connectivity index (χ4v) is 2.22. The van der Waals surface area contributed by atoms with E-state index in [0.717, 1.165) is 23.6 Å². The molecule has 0 radical (unpaired) electrons. The third kappa shape index (κ3) is 6.82. The number of nitrogens with one attached hydrogen (secondary N) is 2. The van der Waals surface area contributed by atoms with Gasteiger partial charge in [0.25, 0.3) is 5.91 Å². The fourth-order valence-electron chi connectivity index (χ4n) is 2.22. The van der Waals surface area contributed by atoms with Gasteiger partial charge in [-0.3, -0.25) is 14.3 Å². The molecule has 0 saturated heterocycles. The van der Waals surface area contributed by atoms with Crippen molar-refractivity contribution in [3.8, 4) is 0 Å². The summed E-state index contributed by atoms with van der Waals surface area (Å²) in [5, 5.41) is 9.68. The van der Waals surface area contributed by atoms with Crippen molar-refractivity contribution in [3.05, 3.63) is 35.6 Å². The zero-order valence-electron chi connectivity index (χ0n) is 16.2. The predicted molar refractivity (Wildman–Crippen MR) is 102 cm³/mol. The minimum Gasteiger partial charge on any atom is -0.372 e. The Balaban J connectivity index is 0.000000845. The SMILES string of the molecule is C/C=C\C(=C/C)C(=O)N1CCn2nc(NC)cc2C1.CC.CNC=O. The second-order valence-corrected chi connectivity index (χ2v) is 4.87. The number of nitrogens with zero attached hydrogens (tertiary/aromatic N) is 3. The first-order valence-corrected chi connectivity index (χ1v) is 8.54. The third-order valence-corrected chi connectivity index (χ3v) is 3.36. The molecule has 0 spiro atoms. The van der Waals surface area contributed by atoms with E-state index in [1.54, 1.807) is 7.05 Å². The Morgan fingerprint density at radius 1 is 1.24 bits per heavy atom. The molecule has 2 amide bonds. The van der Waals surface area contributed by atoms with E-state index in [0.29, 0.717) is 19.5 Å². The second-order valence-electron chi connectivity index (χ2n) is 4.87. The van der Waals surface area contributed by atoms with Gasteiger partial charge in [-0.2, -0.15) is 5.10 Å². The standard InChI is InChI=1S/C14H20N4O.C2H5NO.C2H6/c1-4-6-11(5-2)14(19)17-7-8-18-12(10-17)9-13(15-3)16-18;1-3-2-4;1-2/h4-6,9H,7-8,10H2,1-3H3,(H,15,16);2H,1H3,(H,3,4);1-2H3/b6-4-,11-5+;;. The highest BCUT2D eigenvalue weighted by atomic mass is 16.2. The van der Waals surface area contributed by atoms with E-state index in [-0.39, 0.29) is 5.91 Å². The summed E-state index contributed by atoms with van der Waals surface area (Å²) in [5.41, 5.74) is 1.81. The van der Waals surface area contributed by atoms with Crippen LogP contribution in [0.25, 0.3) is 0 Å². The van der Waals surface area contributed by atoms with Crippen molar-refractivity contribution in [2.75, 3.05) is 26.0 Å². The smallest absolute Gasteiger partial charge is 0.253 e. The Morgan fingerprint density at radius 3 is 2.36 bits per heavy atom. The molecule has 2 N–H and O–H groups in total.